The van der Waals surface area contributed by atoms with Gasteiger partial charge in [0.15, 0.2) is 0 Å². The van der Waals surface area contributed by atoms with Crippen LogP contribution in [-0.4, -0.2) is 41.0 Å². The molecule has 3 aromatic rings. The summed E-state index contributed by atoms with van der Waals surface area (Å²) < 4.78 is 7.07. The minimum atomic E-state index is 0.754. The molecule has 0 atom stereocenters. The average Bonchev–Trinajstić information content (AvgIpc) is 3.32. The Morgan fingerprint density at radius 1 is 1.12 bits per heavy atom. The smallest absolute Gasteiger partial charge is 0.236 e. The molecular formula is C18H20BrN3OS2. The maximum absolute atomic E-state index is 5.86. The summed E-state index contributed by atoms with van der Waals surface area (Å²) in [6.45, 7) is 8.30. The van der Waals surface area contributed by atoms with Crippen molar-refractivity contribution in [1.82, 2.24) is 14.8 Å². The summed E-state index contributed by atoms with van der Waals surface area (Å²) in [7, 11) is 0. The first-order chi connectivity index (χ1) is 12.2. The molecule has 0 saturated carbocycles. The van der Waals surface area contributed by atoms with Crippen LogP contribution in [0.1, 0.15) is 16.3 Å². The number of halogens is 1. The molecule has 0 aliphatic carbocycles. The molecule has 0 N–H and O–H groups in total. The van der Waals surface area contributed by atoms with Gasteiger partial charge in [-0.3, -0.25) is 9.80 Å². The van der Waals surface area contributed by atoms with E-state index in [9.17, 15) is 0 Å². The van der Waals surface area contributed by atoms with E-state index in [-0.39, 0.29) is 0 Å². The molecule has 0 amide bonds. The van der Waals surface area contributed by atoms with Gasteiger partial charge >= 0.3 is 0 Å². The van der Waals surface area contributed by atoms with Crippen molar-refractivity contribution in [3.05, 3.63) is 49.8 Å². The van der Waals surface area contributed by atoms with Gasteiger partial charge in [0.2, 0.25) is 5.89 Å². The largest absolute Gasteiger partial charge is 0.440 e. The molecule has 1 fully saturated rings. The number of hydrogen-bond acceptors (Lipinski definition) is 6. The molecule has 0 radical (unpaired) electrons. The van der Waals surface area contributed by atoms with Gasteiger partial charge in [-0.25, -0.2) is 4.98 Å². The highest BCUT2D eigenvalue weighted by molar-refractivity contribution is 9.11. The maximum Gasteiger partial charge on any atom is 0.236 e. The maximum atomic E-state index is 5.86. The predicted molar refractivity (Wildman–Crippen MR) is 107 cm³/mol. The highest BCUT2D eigenvalue weighted by Crippen LogP contribution is 2.27. The molecule has 0 spiro atoms. The van der Waals surface area contributed by atoms with Gasteiger partial charge < -0.3 is 4.42 Å². The Balaban J connectivity index is 1.33. The first-order valence-corrected chi connectivity index (χ1v) is 10.9. The van der Waals surface area contributed by atoms with E-state index in [0.717, 1.165) is 61.5 Å². The Hall–Kier alpha value is -0.990. The van der Waals surface area contributed by atoms with Crippen molar-refractivity contribution < 1.29 is 4.42 Å². The topological polar surface area (TPSA) is 32.5 Å². The number of piperazine rings is 1. The van der Waals surface area contributed by atoms with Crippen molar-refractivity contribution in [1.29, 1.82) is 0 Å². The molecule has 7 heteroatoms. The Kier molecular flexibility index (Phi) is 5.38. The van der Waals surface area contributed by atoms with Gasteiger partial charge in [0, 0.05) is 44.1 Å². The standard InChI is InChI=1S/C18H20BrN3OS2/c1-13-15(20-18(23-13)16-3-2-10-24-16)12-22-8-6-21(7-9-22)11-14-4-5-17(19)25-14/h2-5,10H,6-9,11-12H2,1H3. The van der Waals surface area contributed by atoms with Gasteiger partial charge in [0.25, 0.3) is 0 Å². The van der Waals surface area contributed by atoms with Crippen LogP contribution in [0.15, 0.2) is 37.8 Å². The first-order valence-electron chi connectivity index (χ1n) is 8.36. The predicted octanol–water partition coefficient (Wildman–Crippen LogP) is 4.85. The normalized spacial score (nSPS) is 16.6. The molecule has 132 valence electrons. The second-order valence-corrected chi connectivity index (χ2v) is 9.75. The van der Waals surface area contributed by atoms with Crippen LogP contribution in [0.5, 0.6) is 0 Å². The molecular weight excluding hydrogens is 418 g/mol. The molecule has 4 heterocycles. The van der Waals surface area contributed by atoms with Crippen molar-refractivity contribution in [3.63, 3.8) is 0 Å². The lowest BCUT2D eigenvalue weighted by molar-refractivity contribution is 0.121. The fourth-order valence-corrected chi connectivity index (χ4v) is 5.23. The summed E-state index contributed by atoms with van der Waals surface area (Å²) in [6, 6.07) is 8.44. The van der Waals surface area contributed by atoms with Crippen molar-refractivity contribution in [3.8, 4) is 10.8 Å². The van der Waals surface area contributed by atoms with E-state index in [4.69, 9.17) is 9.40 Å². The summed E-state index contributed by atoms with van der Waals surface area (Å²) in [6.07, 6.45) is 0. The summed E-state index contributed by atoms with van der Waals surface area (Å²) in [5.74, 6) is 1.69. The van der Waals surface area contributed by atoms with E-state index in [1.165, 1.54) is 8.66 Å². The second-order valence-electron chi connectivity index (χ2n) is 6.26. The van der Waals surface area contributed by atoms with Crippen molar-refractivity contribution in [2.24, 2.45) is 0 Å². The number of nitrogens with zero attached hydrogens (tertiary/aromatic N) is 3. The molecule has 1 aliphatic rings. The van der Waals surface area contributed by atoms with Crippen LogP contribution >= 0.6 is 38.6 Å². The van der Waals surface area contributed by atoms with E-state index in [1.807, 2.05) is 24.3 Å². The summed E-state index contributed by atoms with van der Waals surface area (Å²) in [4.78, 5) is 12.2. The number of aryl methyl sites for hydroxylation is 1. The van der Waals surface area contributed by atoms with E-state index < -0.39 is 0 Å². The molecule has 0 aromatic carbocycles. The minimum Gasteiger partial charge on any atom is -0.440 e. The van der Waals surface area contributed by atoms with Crippen LogP contribution in [0.4, 0.5) is 0 Å². The van der Waals surface area contributed by atoms with Crippen molar-refractivity contribution >= 4 is 38.6 Å². The molecule has 25 heavy (non-hydrogen) atoms. The highest BCUT2D eigenvalue weighted by Gasteiger charge is 2.20. The number of oxazole rings is 1. The van der Waals surface area contributed by atoms with Crippen molar-refractivity contribution in [2.75, 3.05) is 26.2 Å². The van der Waals surface area contributed by atoms with Gasteiger partial charge in [-0.1, -0.05) is 6.07 Å². The zero-order chi connectivity index (χ0) is 17.2. The quantitative estimate of drug-likeness (QED) is 0.570. The first kappa shape index (κ1) is 17.4. The van der Waals surface area contributed by atoms with E-state index in [0.29, 0.717) is 0 Å². The van der Waals surface area contributed by atoms with Gasteiger partial charge in [-0.15, -0.1) is 22.7 Å². The lowest BCUT2D eigenvalue weighted by Gasteiger charge is -2.34. The lowest BCUT2D eigenvalue weighted by atomic mass is 10.2. The fraction of sp³-hybridized carbons (Fsp3) is 0.389. The molecule has 4 rings (SSSR count). The number of hydrogen-bond donors (Lipinski definition) is 0. The van der Waals surface area contributed by atoms with E-state index in [1.54, 1.807) is 11.3 Å². The SMILES string of the molecule is Cc1oc(-c2cccs2)nc1CN1CCN(Cc2ccc(Br)s2)CC1. The Bertz CT molecular complexity index is 819. The molecule has 0 unspecified atom stereocenters. The third kappa shape index (κ3) is 4.23. The van der Waals surface area contributed by atoms with E-state index in [2.05, 4.69) is 49.3 Å². The van der Waals surface area contributed by atoms with Crippen molar-refractivity contribution in [2.45, 2.75) is 20.0 Å². The molecule has 3 aromatic heterocycles. The summed E-state index contributed by atoms with van der Waals surface area (Å²) in [5, 5.41) is 2.06. The lowest BCUT2D eigenvalue weighted by Crippen LogP contribution is -2.45. The third-order valence-corrected chi connectivity index (χ3v) is 6.94. The van der Waals surface area contributed by atoms with Gasteiger partial charge in [0.05, 0.1) is 14.4 Å². The third-order valence-electron chi connectivity index (χ3n) is 4.47. The van der Waals surface area contributed by atoms with Gasteiger partial charge in [-0.05, 0) is 46.4 Å². The minimum absolute atomic E-state index is 0.754. The second kappa shape index (κ2) is 7.72. The number of aromatic nitrogens is 1. The van der Waals surface area contributed by atoms with Crippen LogP contribution in [0, 0.1) is 6.92 Å². The fourth-order valence-electron chi connectivity index (χ4n) is 3.05. The number of thiophene rings is 2. The van der Waals surface area contributed by atoms with Crippen LogP contribution in [-0.2, 0) is 13.1 Å². The van der Waals surface area contributed by atoms with Crippen LogP contribution < -0.4 is 0 Å². The van der Waals surface area contributed by atoms with Crippen LogP contribution in [0.2, 0.25) is 0 Å². The summed E-state index contributed by atoms with van der Waals surface area (Å²) in [5.41, 5.74) is 1.07. The van der Waals surface area contributed by atoms with Crippen LogP contribution in [0.25, 0.3) is 10.8 Å². The van der Waals surface area contributed by atoms with E-state index >= 15 is 0 Å². The Morgan fingerprint density at radius 3 is 2.52 bits per heavy atom. The van der Waals surface area contributed by atoms with Crippen LogP contribution in [0.3, 0.4) is 0 Å². The van der Waals surface area contributed by atoms with Gasteiger partial charge in [-0.2, -0.15) is 0 Å². The monoisotopic (exact) mass is 437 g/mol. The zero-order valence-electron chi connectivity index (χ0n) is 14.1. The molecule has 0 bridgehead atoms. The Morgan fingerprint density at radius 2 is 1.88 bits per heavy atom. The average molecular weight is 438 g/mol. The molecule has 4 nitrogen and oxygen atoms in total. The Labute approximate surface area is 164 Å². The highest BCUT2D eigenvalue weighted by atomic mass is 79.9. The van der Waals surface area contributed by atoms with Gasteiger partial charge in [0.1, 0.15) is 5.76 Å². The molecule has 1 aliphatic heterocycles. The number of rotatable bonds is 5. The molecule has 1 saturated heterocycles. The zero-order valence-corrected chi connectivity index (χ0v) is 17.3. The summed E-state index contributed by atoms with van der Waals surface area (Å²) >= 11 is 7.04.